The number of hydrogen-bond acceptors (Lipinski definition) is 5. The first-order valence-electron chi connectivity index (χ1n) is 4.83. The number of hydrogen-bond donors (Lipinski definition) is 2. The Morgan fingerprint density at radius 3 is 2.62 bits per heavy atom. The predicted molar refractivity (Wildman–Crippen MR) is 54.9 cm³/mol. The lowest BCUT2D eigenvalue weighted by atomic mass is 10.2. The van der Waals surface area contributed by atoms with Gasteiger partial charge in [0.1, 0.15) is 11.6 Å². The van der Waals surface area contributed by atoms with Crippen LogP contribution in [0.15, 0.2) is 9.21 Å². The van der Waals surface area contributed by atoms with Gasteiger partial charge in [0.05, 0.1) is 0 Å². The van der Waals surface area contributed by atoms with Crippen molar-refractivity contribution in [2.45, 2.75) is 39.3 Å². The Morgan fingerprint density at radius 2 is 2.19 bits per heavy atom. The summed E-state index contributed by atoms with van der Waals surface area (Å²) < 4.78 is 9.71. The minimum absolute atomic E-state index is 0.107. The van der Waals surface area contributed by atoms with Crippen LogP contribution in [0.1, 0.15) is 39.6 Å². The molecule has 1 aromatic heterocycles. The van der Waals surface area contributed by atoms with Crippen molar-refractivity contribution in [1.82, 2.24) is 15.5 Å². The van der Waals surface area contributed by atoms with Gasteiger partial charge in [0, 0.05) is 0 Å². The Hall–Kier alpha value is -1.79. The average Bonchev–Trinajstić information content (AvgIpc) is 2.47. The van der Waals surface area contributed by atoms with E-state index in [1.807, 2.05) is 0 Å². The van der Waals surface area contributed by atoms with Gasteiger partial charge in [-0.05, 0) is 27.7 Å². The van der Waals surface area contributed by atoms with E-state index < -0.39 is 23.5 Å². The molecule has 1 aromatic rings. The van der Waals surface area contributed by atoms with Crippen molar-refractivity contribution in [1.29, 1.82) is 0 Å². The van der Waals surface area contributed by atoms with Crippen molar-refractivity contribution in [3.63, 3.8) is 0 Å². The topological polar surface area (TPSA) is 97.2 Å². The molecule has 7 nitrogen and oxygen atoms in total. The molecule has 1 amide bonds. The summed E-state index contributed by atoms with van der Waals surface area (Å²) in [7, 11) is 0. The highest BCUT2D eigenvalue weighted by Gasteiger charge is 2.20. The summed E-state index contributed by atoms with van der Waals surface area (Å²) in [6.07, 6.45) is -0.592. The zero-order valence-corrected chi connectivity index (χ0v) is 9.66. The van der Waals surface area contributed by atoms with Gasteiger partial charge >= 0.3 is 11.8 Å². The number of ether oxygens (including phenoxy) is 1. The van der Waals surface area contributed by atoms with E-state index in [-0.39, 0.29) is 5.89 Å². The van der Waals surface area contributed by atoms with Crippen LogP contribution in [0, 0.1) is 0 Å². The molecule has 1 atom stereocenters. The molecular weight excluding hydrogens is 214 g/mol. The van der Waals surface area contributed by atoms with Crippen LogP contribution in [0.5, 0.6) is 0 Å². The van der Waals surface area contributed by atoms with E-state index in [1.165, 1.54) is 0 Å². The molecule has 0 spiro atoms. The average molecular weight is 229 g/mol. The third kappa shape index (κ3) is 3.76. The van der Waals surface area contributed by atoms with E-state index in [0.717, 1.165) is 0 Å². The molecule has 90 valence electrons. The van der Waals surface area contributed by atoms with Gasteiger partial charge in [-0.2, -0.15) is 0 Å². The first kappa shape index (κ1) is 12.3. The molecule has 0 radical (unpaired) electrons. The fourth-order valence-corrected chi connectivity index (χ4v) is 0.973. The SMILES string of the molecule is C[C@@H](NC(=O)OC(C)(C)C)c1n[nH]c(=O)o1. The van der Waals surface area contributed by atoms with Crippen LogP contribution in [0.2, 0.25) is 0 Å². The lowest BCUT2D eigenvalue weighted by molar-refractivity contribution is 0.0500. The molecule has 0 saturated heterocycles. The number of aromatic amines is 1. The fraction of sp³-hybridized carbons (Fsp3) is 0.667. The molecule has 1 rings (SSSR count). The van der Waals surface area contributed by atoms with Gasteiger partial charge in [-0.15, -0.1) is 5.10 Å². The molecule has 2 N–H and O–H groups in total. The highest BCUT2D eigenvalue weighted by molar-refractivity contribution is 5.68. The molecule has 0 aromatic carbocycles. The van der Waals surface area contributed by atoms with Crippen molar-refractivity contribution in [3.05, 3.63) is 16.4 Å². The third-order valence-corrected chi connectivity index (χ3v) is 1.56. The molecule has 7 heteroatoms. The first-order chi connectivity index (χ1) is 7.28. The lowest BCUT2D eigenvalue weighted by Gasteiger charge is -2.20. The van der Waals surface area contributed by atoms with Crippen molar-refractivity contribution in [2.24, 2.45) is 0 Å². The smallest absolute Gasteiger partial charge is 0.434 e. The highest BCUT2D eigenvalue weighted by atomic mass is 16.6. The Morgan fingerprint density at radius 1 is 1.56 bits per heavy atom. The van der Waals surface area contributed by atoms with Gasteiger partial charge in [0.15, 0.2) is 0 Å². The molecule has 16 heavy (non-hydrogen) atoms. The van der Waals surface area contributed by atoms with E-state index in [2.05, 4.69) is 19.9 Å². The van der Waals surface area contributed by atoms with Crippen LogP contribution in [0.3, 0.4) is 0 Å². The van der Waals surface area contributed by atoms with E-state index in [4.69, 9.17) is 4.74 Å². The van der Waals surface area contributed by atoms with Gasteiger partial charge in [-0.3, -0.25) is 0 Å². The zero-order chi connectivity index (χ0) is 12.3. The normalized spacial score (nSPS) is 13.2. The summed E-state index contributed by atoms with van der Waals surface area (Å²) in [5.41, 5.74) is -0.573. The number of H-pyrrole nitrogens is 1. The standard InChI is InChI=1S/C9H15N3O4/c1-5(6-11-12-8(14)15-6)10-7(13)16-9(2,3)4/h5H,1-4H3,(H,10,13)(H,12,14)/t5-/m1/s1. The minimum atomic E-state index is -0.659. The lowest BCUT2D eigenvalue weighted by Crippen LogP contribution is -2.34. The summed E-state index contributed by atoms with van der Waals surface area (Å²) in [6.45, 7) is 6.90. The van der Waals surface area contributed by atoms with Gasteiger partial charge < -0.3 is 14.5 Å². The molecular formula is C9H15N3O4. The minimum Gasteiger partial charge on any atom is -0.444 e. The highest BCUT2D eigenvalue weighted by Crippen LogP contribution is 2.10. The Balaban J connectivity index is 2.55. The zero-order valence-electron chi connectivity index (χ0n) is 9.66. The number of aromatic nitrogens is 2. The van der Waals surface area contributed by atoms with E-state index in [0.29, 0.717) is 0 Å². The van der Waals surface area contributed by atoms with Gasteiger partial charge in [0.2, 0.25) is 5.89 Å². The fourth-order valence-electron chi connectivity index (χ4n) is 0.973. The Bertz CT molecular complexity index is 415. The van der Waals surface area contributed by atoms with Gasteiger partial charge in [-0.1, -0.05) is 0 Å². The summed E-state index contributed by atoms with van der Waals surface area (Å²) in [5, 5.41) is 8.19. The number of carbonyl (C=O) groups excluding carboxylic acids is 1. The van der Waals surface area contributed by atoms with E-state index >= 15 is 0 Å². The maximum atomic E-state index is 11.4. The van der Waals surface area contributed by atoms with E-state index in [9.17, 15) is 9.59 Å². The Kier molecular flexibility index (Phi) is 3.36. The second-order valence-electron chi connectivity index (χ2n) is 4.32. The summed E-state index contributed by atoms with van der Waals surface area (Å²) in [5.74, 6) is -0.552. The molecule has 0 unspecified atom stereocenters. The molecule has 0 saturated carbocycles. The maximum absolute atomic E-state index is 11.4. The summed E-state index contributed by atoms with van der Waals surface area (Å²) in [6, 6.07) is -0.534. The number of nitrogens with one attached hydrogen (secondary N) is 2. The monoisotopic (exact) mass is 229 g/mol. The molecule has 0 fully saturated rings. The summed E-state index contributed by atoms with van der Waals surface area (Å²) >= 11 is 0. The maximum Gasteiger partial charge on any atom is 0.434 e. The molecule has 0 aliphatic heterocycles. The predicted octanol–water partition coefficient (Wildman–Crippen LogP) is 0.949. The van der Waals surface area contributed by atoms with Crippen LogP contribution in [0.25, 0.3) is 0 Å². The molecule has 0 aliphatic carbocycles. The molecule has 0 aliphatic rings. The largest absolute Gasteiger partial charge is 0.444 e. The van der Waals surface area contributed by atoms with Crippen LogP contribution in [-0.4, -0.2) is 21.9 Å². The van der Waals surface area contributed by atoms with Crippen molar-refractivity contribution in [3.8, 4) is 0 Å². The third-order valence-electron chi connectivity index (χ3n) is 1.56. The van der Waals surface area contributed by atoms with Crippen molar-refractivity contribution < 1.29 is 13.9 Å². The molecule has 1 heterocycles. The second-order valence-corrected chi connectivity index (χ2v) is 4.32. The number of amides is 1. The van der Waals surface area contributed by atoms with Gasteiger partial charge in [0.25, 0.3) is 0 Å². The van der Waals surface area contributed by atoms with Crippen LogP contribution in [0.4, 0.5) is 4.79 Å². The second kappa shape index (κ2) is 4.38. The van der Waals surface area contributed by atoms with Gasteiger partial charge in [-0.25, -0.2) is 14.7 Å². The first-order valence-corrected chi connectivity index (χ1v) is 4.83. The molecule has 0 bridgehead atoms. The van der Waals surface area contributed by atoms with Crippen LogP contribution in [-0.2, 0) is 4.74 Å². The quantitative estimate of drug-likeness (QED) is 0.786. The number of carbonyl (C=O) groups is 1. The van der Waals surface area contributed by atoms with Crippen LogP contribution >= 0.6 is 0 Å². The van der Waals surface area contributed by atoms with Crippen LogP contribution < -0.4 is 11.1 Å². The van der Waals surface area contributed by atoms with Crippen molar-refractivity contribution in [2.75, 3.05) is 0 Å². The number of alkyl carbamates (subject to hydrolysis) is 1. The number of nitrogens with zero attached hydrogens (tertiary/aromatic N) is 1. The summed E-state index contributed by atoms with van der Waals surface area (Å²) in [4.78, 5) is 22.0. The van der Waals surface area contributed by atoms with E-state index in [1.54, 1.807) is 27.7 Å². The Labute approximate surface area is 92.2 Å². The van der Waals surface area contributed by atoms with Crippen molar-refractivity contribution >= 4 is 6.09 Å². The number of rotatable bonds is 2.